The zero-order chi connectivity index (χ0) is 14.4. The quantitative estimate of drug-likeness (QED) is 0.718. The Bertz CT molecular complexity index is 432. The minimum Gasteiger partial charge on any atom is -0.468 e. The molecule has 108 valence electrons. The van der Waals surface area contributed by atoms with Crippen LogP contribution >= 0.6 is 15.9 Å². The summed E-state index contributed by atoms with van der Waals surface area (Å²) in [4.78, 5) is 13.5. The van der Waals surface area contributed by atoms with Crippen molar-refractivity contribution in [2.75, 3.05) is 20.2 Å². The van der Waals surface area contributed by atoms with Crippen LogP contribution in [0.5, 0.6) is 0 Å². The summed E-state index contributed by atoms with van der Waals surface area (Å²) in [6.07, 6.45) is 1.88. The first kappa shape index (κ1) is 16.2. The normalized spacial score (nSPS) is 11.1. The average Bonchev–Trinajstić information content (AvgIpc) is 2.66. The maximum Gasteiger partial charge on any atom is 0.319 e. The summed E-state index contributed by atoms with van der Waals surface area (Å²) in [5.41, 5.74) is 2.14. The van der Waals surface area contributed by atoms with Gasteiger partial charge in [-0.05, 0) is 35.3 Å². The number of aryl methyl sites for hydroxylation is 2. The van der Waals surface area contributed by atoms with Gasteiger partial charge in [-0.2, -0.15) is 5.10 Å². The lowest BCUT2D eigenvalue weighted by atomic mass is 10.3. The van der Waals surface area contributed by atoms with Gasteiger partial charge >= 0.3 is 5.97 Å². The number of hydrogen-bond donors (Lipinski definition) is 0. The first-order valence-electron chi connectivity index (χ1n) is 6.52. The predicted molar refractivity (Wildman–Crippen MR) is 77.9 cm³/mol. The molecular formula is C13H22BrN3O2. The molecule has 1 rings (SSSR count). The van der Waals surface area contributed by atoms with Gasteiger partial charge in [-0.25, -0.2) is 0 Å². The number of hydrogen-bond acceptors (Lipinski definition) is 4. The number of carbonyl (C=O) groups is 1. The van der Waals surface area contributed by atoms with Crippen LogP contribution in [0.1, 0.15) is 31.7 Å². The molecule has 0 saturated heterocycles. The Morgan fingerprint density at radius 1 is 1.47 bits per heavy atom. The first-order chi connectivity index (χ1) is 9.03. The van der Waals surface area contributed by atoms with E-state index in [0.29, 0.717) is 13.1 Å². The summed E-state index contributed by atoms with van der Waals surface area (Å²) in [6.45, 7) is 6.03. The fourth-order valence-corrected chi connectivity index (χ4v) is 2.72. The van der Waals surface area contributed by atoms with E-state index >= 15 is 0 Å². The Morgan fingerprint density at radius 2 is 2.16 bits per heavy atom. The first-order valence-corrected chi connectivity index (χ1v) is 7.32. The Balaban J connectivity index is 2.84. The van der Waals surface area contributed by atoms with Crippen molar-refractivity contribution < 1.29 is 9.53 Å². The van der Waals surface area contributed by atoms with E-state index in [9.17, 15) is 4.79 Å². The van der Waals surface area contributed by atoms with Crippen molar-refractivity contribution in [1.29, 1.82) is 0 Å². The van der Waals surface area contributed by atoms with E-state index in [4.69, 9.17) is 4.74 Å². The molecule has 6 heteroatoms. The van der Waals surface area contributed by atoms with E-state index in [1.165, 1.54) is 7.11 Å². The SMILES string of the molecule is CCCN(CC(=O)OC)Cc1c(Br)c(CC)nn1C. The molecule has 0 aliphatic rings. The van der Waals surface area contributed by atoms with E-state index in [1.807, 2.05) is 11.7 Å². The van der Waals surface area contributed by atoms with Gasteiger partial charge in [0.1, 0.15) is 0 Å². The van der Waals surface area contributed by atoms with Crippen LogP contribution in [0.25, 0.3) is 0 Å². The second kappa shape index (κ2) is 7.65. The molecule has 0 amide bonds. The van der Waals surface area contributed by atoms with E-state index in [1.54, 1.807) is 0 Å². The molecule has 0 N–H and O–H groups in total. The van der Waals surface area contributed by atoms with Crippen LogP contribution in [0, 0.1) is 0 Å². The molecule has 5 nitrogen and oxygen atoms in total. The molecule has 0 aromatic carbocycles. The largest absolute Gasteiger partial charge is 0.468 e. The van der Waals surface area contributed by atoms with Crippen molar-refractivity contribution in [1.82, 2.24) is 14.7 Å². The number of aromatic nitrogens is 2. The highest BCUT2D eigenvalue weighted by molar-refractivity contribution is 9.10. The van der Waals surface area contributed by atoms with Gasteiger partial charge in [0.15, 0.2) is 0 Å². The number of rotatable bonds is 7. The molecule has 0 bridgehead atoms. The molecule has 0 atom stereocenters. The number of ether oxygens (including phenoxy) is 1. The lowest BCUT2D eigenvalue weighted by Crippen LogP contribution is -2.31. The second-order valence-electron chi connectivity index (χ2n) is 4.47. The van der Waals surface area contributed by atoms with Crippen LogP contribution in [0.15, 0.2) is 4.47 Å². The summed E-state index contributed by atoms with van der Waals surface area (Å²) in [5.74, 6) is -0.206. The van der Waals surface area contributed by atoms with Crippen molar-refractivity contribution in [3.8, 4) is 0 Å². The summed E-state index contributed by atoms with van der Waals surface area (Å²) < 4.78 is 7.66. The van der Waals surface area contributed by atoms with Crippen molar-refractivity contribution in [2.45, 2.75) is 33.2 Å². The average molecular weight is 332 g/mol. The van der Waals surface area contributed by atoms with E-state index in [2.05, 4.69) is 39.8 Å². The fourth-order valence-electron chi connectivity index (χ4n) is 1.98. The third-order valence-corrected chi connectivity index (χ3v) is 3.91. The third-order valence-electron chi connectivity index (χ3n) is 3.00. The Hall–Kier alpha value is -0.880. The van der Waals surface area contributed by atoms with E-state index in [-0.39, 0.29) is 5.97 Å². The summed E-state index contributed by atoms with van der Waals surface area (Å²) in [5, 5.41) is 4.47. The van der Waals surface area contributed by atoms with Crippen LogP contribution in [-0.4, -0.2) is 40.8 Å². The van der Waals surface area contributed by atoms with E-state index < -0.39 is 0 Å². The van der Waals surface area contributed by atoms with Crippen LogP contribution in [-0.2, 0) is 29.5 Å². The maximum absolute atomic E-state index is 11.4. The zero-order valence-corrected chi connectivity index (χ0v) is 13.7. The molecule has 0 saturated carbocycles. The van der Waals surface area contributed by atoms with Gasteiger partial charge in [-0.15, -0.1) is 0 Å². The maximum atomic E-state index is 11.4. The number of nitrogens with zero attached hydrogens (tertiary/aromatic N) is 3. The topological polar surface area (TPSA) is 47.4 Å². The van der Waals surface area contributed by atoms with Crippen molar-refractivity contribution in [3.63, 3.8) is 0 Å². The zero-order valence-electron chi connectivity index (χ0n) is 12.1. The number of methoxy groups -OCH3 is 1. The minimum atomic E-state index is -0.206. The third kappa shape index (κ3) is 4.31. The van der Waals surface area contributed by atoms with Crippen molar-refractivity contribution in [3.05, 3.63) is 15.9 Å². The standard InChI is InChI=1S/C13H22BrN3O2/c1-5-7-17(9-12(18)19-4)8-11-13(14)10(6-2)15-16(11)3/h5-9H2,1-4H3. The molecule has 0 aliphatic heterocycles. The molecule has 0 unspecified atom stereocenters. The number of esters is 1. The fraction of sp³-hybridized carbons (Fsp3) is 0.692. The highest BCUT2D eigenvalue weighted by Gasteiger charge is 2.17. The van der Waals surface area contributed by atoms with Crippen molar-refractivity contribution >= 4 is 21.9 Å². The van der Waals surface area contributed by atoms with Gasteiger partial charge < -0.3 is 4.74 Å². The Kier molecular flexibility index (Phi) is 6.51. The van der Waals surface area contributed by atoms with Crippen LogP contribution in [0.2, 0.25) is 0 Å². The summed E-state index contributed by atoms with van der Waals surface area (Å²) >= 11 is 3.60. The van der Waals surface area contributed by atoms with Crippen molar-refractivity contribution in [2.24, 2.45) is 7.05 Å². The van der Waals surface area contributed by atoms with Gasteiger partial charge in [-0.3, -0.25) is 14.4 Å². The smallest absolute Gasteiger partial charge is 0.319 e. The van der Waals surface area contributed by atoms with Crippen LogP contribution < -0.4 is 0 Å². The molecule has 0 aliphatic carbocycles. The lowest BCUT2D eigenvalue weighted by Gasteiger charge is -2.20. The van der Waals surface area contributed by atoms with Gasteiger partial charge in [0.05, 0.1) is 29.5 Å². The number of carbonyl (C=O) groups excluding carboxylic acids is 1. The Labute approximate surface area is 123 Å². The van der Waals surface area contributed by atoms with Gasteiger partial charge in [0.2, 0.25) is 0 Å². The molecule has 19 heavy (non-hydrogen) atoms. The molecular weight excluding hydrogens is 310 g/mol. The second-order valence-corrected chi connectivity index (χ2v) is 5.26. The Morgan fingerprint density at radius 3 is 2.63 bits per heavy atom. The molecule has 1 heterocycles. The molecule has 1 aromatic rings. The van der Waals surface area contributed by atoms with Gasteiger partial charge in [0.25, 0.3) is 0 Å². The molecule has 0 radical (unpaired) electrons. The highest BCUT2D eigenvalue weighted by Crippen LogP contribution is 2.23. The lowest BCUT2D eigenvalue weighted by molar-refractivity contribution is -0.142. The monoisotopic (exact) mass is 331 g/mol. The molecule has 0 spiro atoms. The number of halogens is 1. The summed E-state index contributed by atoms with van der Waals surface area (Å²) in [6, 6.07) is 0. The summed E-state index contributed by atoms with van der Waals surface area (Å²) in [7, 11) is 3.35. The van der Waals surface area contributed by atoms with Crippen LogP contribution in [0.4, 0.5) is 0 Å². The van der Waals surface area contributed by atoms with Crippen LogP contribution in [0.3, 0.4) is 0 Å². The van der Waals surface area contributed by atoms with Gasteiger partial charge in [0, 0.05) is 13.6 Å². The van der Waals surface area contributed by atoms with Gasteiger partial charge in [-0.1, -0.05) is 13.8 Å². The highest BCUT2D eigenvalue weighted by atomic mass is 79.9. The minimum absolute atomic E-state index is 0.206. The predicted octanol–water partition coefficient (Wildman–Crippen LogP) is 2.13. The molecule has 0 fully saturated rings. The van der Waals surface area contributed by atoms with E-state index in [0.717, 1.165) is 35.2 Å². The molecule has 1 aromatic heterocycles.